The Kier molecular flexibility index (Phi) is 4.18. The van der Waals surface area contributed by atoms with Gasteiger partial charge in [-0.1, -0.05) is 0 Å². The van der Waals surface area contributed by atoms with Crippen molar-refractivity contribution in [1.29, 1.82) is 0 Å². The number of urea groups is 1. The minimum atomic E-state index is -0.492. The summed E-state index contributed by atoms with van der Waals surface area (Å²) < 4.78 is 1.57. The zero-order chi connectivity index (χ0) is 12.1. The van der Waals surface area contributed by atoms with Crippen LogP contribution in [0.25, 0.3) is 0 Å². The normalized spacial score (nSPS) is 11.5. The van der Waals surface area contributed by atoms with Crippen molar-refractivity contribution in [1.82, 2.24) is 9.88 Å². The van der Waals surface area contributed by atoms with Gasteiger partial charge in [0.05, 0.1) is 11.1 Å². The molecule has 16 heavy (non-hydrogen) atoms. The zero-order valence-electron chi connectivity index (χ0n) is 8.97. The molecular formula is C8H12N4O3S. The van der Waals surface area contributed by atoms with Gasteiger partial charge in [-0.05, 0) is 25.2 Å². The fraction of sp³-hybridized carbons (Fsp3) is 0.500. The topological polar surface area (TPSA) is 89.5 Å². The second kappa shape index (κ2) is 5.40. The lowest BCUT2D eigenvalue weighted by molar-refractivity contribution is -0.380. The highest BCUT2D eigenvalue weighted by molar-refractivity contribution is 7.12. The Hall–Kier alpha value is -1.70. The maximum absolute atomic E-state index is 11.2. The summed E-state index contributed by atoms with van der Waals surface area (Å²) in [6, 6.07) is -0.485. The van der Waals surface area contributed by atoms with Gasteiger partial charge in [-0.3, -0.25) is 10.1 Å². The molecule has 88 valence electrons. The van der Waals surface area contributed by atoms with E-state index in [4.69, 9.17) is 0 Å². The predicted octanol–water partition coefficient (Wildman–Crippen LogP) is 1.11. The molecule has 7 nitrogen and oxygen atoms in total. The van der Waals surface area contributed by atoms with Gasteiger partial charge in [0.2, 0.25) is 4.80 Å². The molecule has 0 spiro atoms. The minimum Gasteiger partial charge on any atom is -0.336 e. The summed E-state index contributed by atoms with van der Waals surface area (Å²) in [5.74, 6) is 0. The number of nitrogens with one attached hydrogen (secondary N) is 1. The number of hydrogen-bond donors (Lipinski definition) is 1. The highest BCUT2D eigenvalue weighted by Gasteiger charge is 2.11. The predicted molar refractivity (Wildman–Crippen MR) is 59.3 cm³/mol. The third kappa shape index (κ3) is 2.89. The molecule has 1 heterocycles. The highest BCUT2D eigenvalue weighted by atomic mass is 32.1. The molecule has 0 aliphatic rings. The summed E-state index contributed by atoms with van der Waals surface area (Å²) in [6.45, 7) is 4.61. The van der Waals surface area contributed by atoms with Crippen LogP contribution in [-0.2, 0) is 6.54 Å². The molecular weight excluding hydrogens is 232 g/mol. The van der Waals surface area contributed by atoms with Gasteiger partial charge < -0.3 is 9.88 Å². The van der Waals surface area contributed by atoms with E-state index in [1.165, 1.54) is 6.20 Å². The van der Waals surface area contributed by atoms with Crippen molar-refractivity contribution in [3.05, 3.63) is 21.1 Å². The van der Waals surface area contributed by atoms with Gasteiger partial charge in [-0.25, -0.2) is 4.79 Å². The average Bonchev–Trinajstić information content (AvgIpc) is 2.61. The van der Waals surface area contributed by atoms with E-state index in [0.29, 0.717) is 17.9 Å². The summed E-state index contributed by atoms with van der Waals surface area (Å²) in [4.78, 5) is 25.4. The van der Waals surface area contributed by atoms with Crippen LogP contribution in [0.2, 0.25) is 0 Å². The van der Waals surface area contributed by atoms with Gasteiger partial charge in [-0.15, -0.1) is 0 Å². The van der Waals surface area contributed by atoms with Crippen LogP contribution in [-0.4, -0.2) is 22.1 Å². The van der Waals surface area contributed by atoms with Crippen molar-refractivity contribution in [2.24, 2.45) is 4.99 Å². The van der Waals surface area contributed by atoms with Gasteiger partial charge in [0.1, 0.15) is 0 Å². The van der Waals surface area contributed by atoms with Crippen molar-refractivity contribution in [3.63, 3.8) is 0 Å². The molecule has 0 aromatic carbocycles. The first-order valence-electron chi connectivity index (χ1n) is 4.75. The molecule has 8 heteroatoms. The van der Waals surface area contributed by atoms with Crippen LogP contribution in [0.15, 0.2) is 11.2 Å². The van der Waals surface area contributed by atoms with Gasteiger partial charge in [0.25, 0.3) is 0 Å². The van der Waals surface area contributed by atoms with E-state index >= 15 is 0 Å². The number of aromatic nitrogens is 1. The van der Waals surface area contributed by atoms with Crippen LogP contribution in [0, 0.1) is 10.1 Å². The zero-order valence-corrected chi connectivity index (χ0v) is 9.78. The number of aryl methyl sites for hydroxylation is 1. The molecule has 2 amide bonds. The first kappa shape index (κ1) is 12.4. The van der Waals surface area contributed by atoms with Gasteiger partial charge in [-0.2, -0.15) is 4.99 Å². The molecule has 1 aromatic rings. The fourth-order valence-electron chi connectivity index (χ4n) is 1.04. The summed E-state index contributed by atoms with van der Waals surface area (Å²) in [6.07, 6.45) is 1.38. The first-order valence-corrected chi connectivity index (χ1v) is 5.57. The Labute approximate surface area is 95.6 Å². The lowest BCUT2D eigenvalue weighted by Gasteiger charge is -1.95. The quantitative estimate of drug-likeness (QED) is 0.637. The number of hydrogen-bond acceptors (Lipinski definition) is 4. The van der Waals surface area contributed by atoms with E-state index in [-0.39, 0.29) is 5.00 Å². The molecule has 0 saturated heterocycles. The number of amides is 2. The summed E-state index contributed by atoms with van der Waals surface area (Å²) in [7, 11) is 0. The van der Waals surface area contributed by atoms with Crippen molar-refractivity contribution in [3.8, 4) is 0 Å². The van der Waals surface area contributed by atoms with Gasteiger partial charge in [0.15, 0.2) is 0 Å². The Morgan fingerprint density at radius 3 is 2.88 bits per heavy atom. The second-order valence-electron chi connectivity index (χ2n) is 2.84. The molecule has 1 aromatic heterocycles. The highest BCUT2D eigenvalue weighted by Crippen LogP contribution is 2.13. The van der Waals surface area contributed by atoms with Crippen LogP contribution >= 0.6 is 11.3 Å². The lowest BCUT2D eigenvalue weighted by atomic mass is 10.7. The van der Waals surface area contributed by atoms with Crippen molar-refractivity contribution in [2.75, 3.05) is 6.54 Å². The van der Waals surface area contributed by atoms with E-state index in [2.05, 4.69) is 10.3 Å². The third-order valence-corrected chi connectivity index (χ3v) is 2.73. The van der Waals surface area contributed by atoms with Gasteiger partial charge >= 0.3 is 11.0 Å². The number of carbonyl (C=O) groups excluding carboxylic acids is 1. The van der Waals surface area contributed by atoms with Crippen LogP contribution in [0.3, 0.4) is 0 Å². The third-order valence-electron chi connectivity index (χ3n) is 1.75. The van der Waals surface area contributed by atoms with Crippen LogP contribution in [0.1, 0.15) is 13.8 Å². The Bertz CT molecular complexity index is 462. The van der Waals surface area contributed by atoms with E-state index < -0.39 is 11.0 Å². The molecule has 0 bridgehead atoms. The number of nitro groups is 1. The van der Waals surface area contributed by atoms with Crippen LogP contribution in [0.4, 0.5) is 9.80 Å². The molecule has 0 atom stereocenters. The van der Waals surface area contributed by atoms with Crippen LogP contribution in [0.5, 0.6) is 0 Å². The van der Waals surface area contributed by atoms with Crippen LogP contribution < -0.4 is 10.1 Å². The largest absolute Gasteiger partial charge is 0.343 e. The smallest absolute Gasteiger partial charge is 0.336 e. The maximum atomic E-state index is 11.2. The molecule has 0 saturated carbocycles. The molecule has 1 N–H and O–H groups in total. The number of thiazole rings is 1. The molecule has 0 unspecified atom stereocenters. The number of nitrogens with zero attached hydrogens (tertiary/aromatic N) is 3. The van der Waals surface area contributed by atoms with E-state index in [9.17, 15) is 14.9 Å². The molecule has 0 aliphatic heterocycles. The standard InChI is InChI=1S/C8H12N4O3S/c1-3-9-7(13)10-8-11(4-2)5-6(16-8)12(14)15/h5H,3-4H2,1-2H3,(H,9,13). The first-order chi connectivity index (χ1) is 7.58. The minimum absolute atomic E-state index is 0.0232. The summed E-state index contributed by atoms with van der Waals surface area (Å²) >= 11 is 0.883. The lowest BCUT2D eigenvalue weighted by Crippen LogP contribution is -2.23. The fourth-order valence-corrected chi connectivity index (χ4v) is 1.91. The van der Waals surface area contributed by atoms with Crippen molar-refractivity contribution >= 4 is 22.4 Å². The van der Waals surface area contributed by atoms with E-state index in [1.54, 1.807) is 11.5 Å². The Morgan fingerprint density at radius 2 is 2.38 bits per heavy atom. The Morgan fingerprint density at radius 1 is 1.69 bits per heavy atom. The Balaban J connectivity index is 3.11. The van der Waals surface area contributed by atoms with Crippen molar-refractivity contribution in [2.45, 2.75) is 20.4 Å². The van der Waals surface area contributed by atoms with Gasteiger partial charge in [0, 0.05) is 13.1 Å². The molecule has 0 radical (unpaired) electrons. The number of carbonyl (C=O) groups is 1. The molecule has 0 fully saturated rings. The summed E-state index contributed by atoms with van der Waals surface area (Å²) in [5.41, 5.74) is 0. The number of rotatable bonds is 3. The second-order valence-corrected chi connectivity index (χ2v) is 3.83. The summed E-state index contributed by atoms with van der Waals surface area (Å²) in [5, 5.41) is 13.0. The monoisotopic (exact) mass is 244 g/mol. The van der Waals surface area contributed by atoms with Crippen molar-refractivity contribution < 1.29 is 9.72 Å². The maximum Gasteiger partial charge on any atom is 0.343 e. The average molecular weight is 244 g/mol. The van der Waals surface area contributed by atoms with E-state index in [1.807, 2.05) is 6.92 Å². The SMILES string of the molecule is CCNC(=O)N=c1sc([N+](=O)[O-])cn1CC. The molecule has 0 aliphatic carbocycles. The molecule has 1 rings (SSSR count). The van der Waals surface area contributed by atoms with E-state index in [0.717, 1.165) is 11.3 Å².